The summed E-state index contributed by atoms with van der Waals surface area (Å²) in [5.41, 5.74) is -0.284. The van der Waals surface area contributed by atoms with Gasteiger partial charge >= 0.3 is 0 Å². The van der Waals surface area contributed by atoms with E-state index in [-0.39, 0.29) is 10.7 Å². The Morgan fingerprint density at radius 2 is 2.50 bits per heavy atom. The lowest BCUT2D eigenvalue weighted by atomic mass is 10.3. The number of halogens is 2. The number of hydrogen-bond acceptors (Lipinski definition) is 3. The highest BCUT2D eigenvalue weighted by Gasteiger charge is 2.15. The summed E-state index contributed by atoms with van der Waals surface area (Å²) in [6.07, 6.45) is 1.94. The monoisotopic (exact) mass is 178 g/mol. The summed E-state index contributed by atoms with van der Waals surface area (Å²) in [5, 5.41) is 2.76. The Bertz CT molecular complexity index is 212. The highest BCUT2D eigenvalue weighted by atomic mass is 35.5. The Labute approximate surface area is 67.7 Å². The summed E-state index contributed by atoms with van der Waals surface area (Å²) in [6, 6.07) is 0. The largest absolute Gasteiger partial charge is 0.356 e. The van der Waals surface area contributed by atoms with Crippen molar-refractivity contribution in [2.75, 3.05) is 0 Å². The molecule has 0 spiro atoms. The van der Waals surface area contributed by atoms with Crippen LogP contribution in [0.1, 0.15) is 0 Å². The van der Waals surface area contributed by atoms with E-state index in [2.05, 4.69) is 10.3 Å². The summed E-state index contributed by atoms with van der Waals surface area (Å²) in [5.74, 6) is 0. The van der Waals surface area contributed by atoms with E-state index in [0.717, 1.165) is 0 Å². The van der Waals surface area contributed by atoms with Gasteiger partial charge in [0.25, 0.3) is 0 Å². The van der Waals surface area contributed by atoms with E-state index in [0.29, 0.717) is 6.29 Å². The Kier molecular flexibility index (Phi) is 2.29. The quantitative estimate of drug-likeness (QED) is 0.368. The van der Waals surface area contributed by atoms with Crippen molar-refractivity contribution >= 4 is 35.8 Å². The van der Waals surface area contributed by atoms with Crippen LogP contribution in [-0.2, 0) is 4.79 Å². The average molecular weight is 179 g/mol. The molecule has 0 aromatic carbocycles. The zero-order chi connectivity index (χ0) is 7.56. The van der Waals surface area contributed by atoms with Gasteiger partial charge in [-0.2, -0.15) is 0 Å². The van der Waals surface area contributed by atoms with Crippen LogP contribution in [0.2, 0.25) is 0 Å². The van der Waals surface area contributed by atoms with Crippen LogP contribution in [0, 0.1) is 0 Å². The van der Waals surface area contributed by atoms with Crippen LogP contribution in [-0.4, -0.2) is 18.1 Å². The first-order valence-corrected chi connectivity index (χ1v) is 3.34. The molecule has 0 aliphatic carbocycles. The number of alkyl halides is 1. The van der Waals surface area contributed by atoms with E-state index in [4.69, 9.17) is 23.2 Å². The van der Waals surface area contributed by atoms with Gasteiger partial charge < -0.3 is 5.32 Å². The number of rotatable bonds is 1. The average Bonchev–Trinajstić information content (AvgIpc) is 1.88. The van der Waals surface area contributed by atoms with Gasteiger partial charge in [-0.3, -0.25) is 4.79 Å². The van der Waals surface area contributed by atoms with E-state index >= 15 is 0 Å². The molecule has 0 saturated carbocycles. The predicted octanol–water partition coefficient (Wildman–Crippen LogP) is 0.832. The first kappa shape index (κ1) is 7.57. The molecule has 0 bridgehead atoms. The van der Waals surface area contributed by atoms with Gasteiger partial charge in [0, 0.05) is 0 Å². The van der Waals surface area contributed by atoms with Crippen LogP contribution in [0.4, 0.5) is 0 Å². The number of aldehydes is 1. The summed E-state index contributed by atoms with van der Waals surface area (Å²) in [4.78, 5) is 13.9. The number of hydrogen-bond donors (Lipinski definition) is 1. The molecule has 1 rings (SSSR count). The van der Waals surface area contributed by atoms with Crippen molar-refractivity contribution in [2.45, 2.75) is 5.50 Å². The summed E-state index contributed by atoms with van der Waals surface area (Å²) < 4.78 is 0. The van der Waals surface area contributed by atoms with Crippen molar-refractivity contribution in [2.24, 2.45) is 4.99 Å². The molecule has 1 heterocycles. The van der Waals surface area contributed by atoms with E-state index in [1.54, 1.807) is 0 Å². The molecule has 1 aliphatic heterocycles. The maximum absolute atomic E-state index is 10.2. The third-order valence-corrected chi connectivity index (χ3v) is 1.71. The lowest BCUT2D eigenvalue weighted by molar-refractivity contribution is -0.105. The van der Waals surface area contributed by atoms with Crippen molar-refractivity contribution in [3.8, 4) is 0 Å². The van der Waals surface area contributed by atoms with Crippen molar-refractivity contribution in [3.05, 3.63) is 10.7 Å². The molecule has 0 fully saturated rings. The molecule has 0 aromatic heterocycles. The fourth-order valence-corrected chi connectivity index (χ4v) is 1.01. The molecule has 5 heteroatoms. The van der Waals surface area contributed by atoms with Crippen LogP contribution >= 0.6 is 23.2 Å². The van der Waals surface area contributed by atoms with Crippen molar-refractivity contribution in [1.29, 1.82) is 0 Å². The van der Waals surface area contributed by atoms with E-state index < -0.39 is 5.50 Å². The molecule has 1 unspecified atom stereocenters. The first-order valence-electron chi connectivity index (χ1n) is 2.53. The van der Waals surface area contributed by atoms with Crippen molar-refractivity contribution in [1.82, 2.24) is 5.32 Å². The third kappa shape index (κ3) is 1.30. The zero-order valence-electron chi connectivity index (χ0n) is 4.84. The Hall–Kier alpha value is -0.540. The predicted molar refractivity (Wildman–Crippen MR) is 40.2 cm³/mol. The minimum atomic E-state index is -0.553. The molecule has 1 N–H and O–H groups in total. The summed E-state index contributed by atoms with van der Waals surface area (Å²) >= 11 is 11.1. The van der Waals surface area contributed by atoms with E-state index in [1.165, 1.54) is 6.34 Å². The Morgan fingerprint density at radius 1 is 1.80 bits per heavy atom. The van der Waals surface area contributed by atoms with Crippen LogP contribution in [0.5, 0.6) is 0 Å². The van der Waals surface area contributed by atoms with Gasteiger partial charge in [0.15, 0.2) is 6.29 Å². The fraction of sp³-hybridized carbons (Fsp3) is 0.200. The molecular formula is C5H4Cl2N2O. The van der Waals surface area contributed by atoms with E-state index in [9.17, 15) is 4.79 Å². The third-order valence-electron chi connectivity index (χ3n) is 1.04. The van der Waals surface area contributed by atoms with Gasteiger partial charge in [0.2, 0.25) is 0 Å². The smallest absolute Gasteiger partial charge is 0.152 e. The van der Waals surface area contributed by atoms with Gasteiger partial charge in [0.1, 0.15) is 10.7 Å². The highest BCUT2D eigenvalue weighted by Crippen LogP contribution is 2.17. The molecule has 0 aromatic rings. The fourth-order valence-electron chi connectivity index (χ4n) is 0.537. The summed E-state index contributed by atoms with van der Waals surface area (Å²) in [7, 11) is 0. The maximum Gasteiger partial charge on any atom is 0.152 e. The second-order valence-electron chi connectivity index (χ2n) is 1.65. The Morgan fingerprint density at radius 3 is 2.90 bits per heavy atom. The maximum atomic E-state index is 10.2. The second-order valence-corrected chi connectivity index (χ2v) is 2.45. The molecular weight excluding hydrogens is 175 g/mol. The van der Waals surface area contributed by atoms with E-state index in [1.807, 2.05) is 0 Å². The second kappa shape index (κ2) is 3.03. The van der Waals surface area contributed by atoms with Crippen molar-refractivity contribution in [3.63, 3.8) is 0 Å². The zero-order valence-corrected chi connectivity index (χ0v) is 6.36. The first-order chi connectivity index (χ1) is 4.75. The van der Waals surface area contributed by atoms with Crippen LogP contribution < -0.4 is 5.32 Å². The lowest BCUT2D eigenvalue weighted by Crippen LogP contribution is -2.28. The normalized spacial score (nSPS) is 24.4. The number of nitrogens with zero attached hydrogens (tertiary/aromatic N) is 1. The molecule has 54 valence electrons. The minimum absolute atomic E-state index is 0.147. The molecule has 1 aliphatic rings. The topological polar surface area (TPSA) is 41.5 Å². The van der Waals surface area contributed by atoms with Gasteiger partial charge in [-0.15, -0.1) is 0 Å². The van der Waals surface area contributed by atoms with Gasteiger partial charge in [-0.1, -0.05) is 23.2 Å². The van der Waals surface area contributed by atoms with Crippen molar-refractivity contribution < 1.29 is 4.79 Å². The Balaban J connectivity index is 2.94. The lowest BCUT2D eigenvalue weighted by Gasteiger charge is -2.12. The summed E-state index contributed by atoms with van der Waals surface area (Å²) in [6.45, 7) is 0. The molecule has 0 saturated heterocycles. The SMILES string of the molecule is O=CC1=C(Cl)N=CNC1Cl. The number of nitrogens with one attached hydrogen (secondary N) is 1. The number of aliphatic imine (C=N–C) groups is 1. The van der Waals surface area contributed by atoms with Crippen LogP contribution in [0.15, 0.2) is 15.7 Å². The molecule has 0 radical (unpaired) electrons. The van der Waals surface area contributed by atoms with Crippen LogP contribution in [0.3, 0.4) is 0 Å². The molecule has 1 atom stereocenters. The molecule has 3 nitrogen and oxygen atoms in total. The van der Waals surface area contributed by atoms with Gasteiger partial charge in [-0.05, 0) is 0 Å². The van der Waals surface area contributed by atoms with Crippen LogP contribution in [0.25, 0.3) is 0 Å². The molecule has 0 amide bonds. The highest BCUT2D eigenvalue weighted by molar-refractivity contribution is 6.34. The van der Waals surface area contributed by atoms with Gasteiger partial charge in [0.05, 0.1) is 11.9 Å². The minimum Gasteiger partial charge on any atom is -0.356 e. The number of carbonyl (C=O) groups excluding carboxylic acids is 1. The van der Waals surface area contributed by atoms with Gasteiger partial charge in [-0.25, -0.2) is 4.99 Å². The standard InChI is InChI=1S/C5H4Cl2N2O/c6-4-3(1-10)5(7)9-2-8-4/h1-2,4H,(H,8,9). The molecule has 10 heavy (non-hydrogen) atoms. The number of carbonyl (C=O) groups is 1.